The van der Waals surface area contributed by atoms with Crippen LogP contribution >= 0.6 is 0 Å². The molecule has 2 saturated carbocycles. The molecule has 0 N–H and O–H groups in total. The van der Waals surface area contributed by atoms with E-state index in [9.17, 15) is 0 Å². The average Bonchev–Trinajstić information content (AvgIpc) is 3.12. The van der Waals surface area contributed by atoms with E-state index in [1.54, 1.807) is 14.2 Å². The molecule has 0 aliphatic heterocycles. The fourth-order valence-electron chi connectivity index (χ4n) is 4.68. The normalized spacial score (nSPS) is 29.0. The van der Waals surface area contributed by atoms with Crippen LogP contribution in [-0.4, -0.2) is 14.2 Å². The molecule has 2 aliphatic carbocycles. The predicted octanol–water partition coefficient (Wildman–Crippen LogP) is 4.47. The van der Waals surface area contributed by atoms with Crippen molar-refractivity contribution in [3.8, 4) is 11.5 Å². The van der Waals surface area contributed by atoms with Gasteiger partial charge in [0, 0.05) is 10.8 Å². The first kappa shape index (κ1) is 13.7. The average molecular weight is 294 g/mol. The molecule has 2 aromatic carbocycles. The van der Waals surface area contributed by atoms with Gasteiger partial charge in [0.25, 0.3) is 0 Å². The summed E-state index contributed by atoms with van der Waals surface area (Å²) in [5.74, 6) is 1.88. The van der Waals surface area contributed by atoms with E-state index in [1.807, 2.05) is 0 Å². The van der Waals surface area contributed by atoms with Crippen LogP contribution in [0.4, 0.5) is 0 Å². The van der Waals surface area contributed by atoms with Crippen LogP contribution in [0.15, 0.2) is 48.5 Å². The van der Waals surface area contributed by atoms with Gasteiger partial charge in [-0.2, -0.15) is 0 Å². The molecule has 0 bridgehead atoms. The third-order valence-electron chi connectivity index (χ3n) is 5.89. The Labute approximate surface area is 132 Å². The van der Waals surface area contributed by atoms with Crippen LogP contribution in [0.2, 0.25) is 0 Å². The van der Waals surface area contributed by atoms with Gasteiger partial charge in [0.2, 0.25) is 0 Å². The molecule has 2 nitrogen and oxygen atoms in total. The maximum atomic E-state index is 5.30. The zero-order chi connectivity index (χ0) is 15.2. The van der Waals surface area contributed by atoms with Crippen molar-refractivity contribution in [2.45, 2.75) is 36.5 Å². The molecule has 2 aromatic rings. The van der Waals surface area contributed by atoms with Gasteiger partial charge in [0.15, 0.2) is 0 Å². The number of benzene rings is 2. The van der Waals surface area contributed by atoms with Crippen LogP contribution in [0.5, 0.6) is 11.5 Å². The Hall–Kier alpha value is -1.96. The van der Waals surface area contributed by atoms with Gasteiger partial charge in [0.05, 0.1) is 14.2 Å². The van der Waals surface area contributed by atoms with Gasteiger partial charge in [0.1, 0.15) is 11.5 Å². The predicted molar refractivity (Wildman–Crippen MR) is 87.8 cm³/mol. The van der Waals surface area contributed by atoms with Crippen LogP contribution < -0.4 is 9.47 Å². The molecule has 114 valence electrons. The number of rotatable bonds is 4. The van der Waals surface area contributed by atoms with Crippen molar-refractivity contribution >= 4 is 0 Å². The number of methoxy groups -OCH3 is 2. The fourth-order valence-corrected chi connectivity index (χ4v) is 4.68. The maximum absolute atomic E-state index is 5.30. The minimum absolute atomic E-state index is 0.341. The highest BCUT2D eigenvalue weighted by Crippen LogP contribution is 2.74. The third-order valence-corrected chi connectivity index (χ3v) is 5.89. The first-order valence-electron chi connectivity index (χ1n) is 8.03. The minimum Gasteiger partial charge on any atom is -0.497 e. The van der Waals surface area contributed by atoms with Crippen molar-refractivity contribution in [1.29, 1.82) is 0 Å². The Morgan fingerprint density at radius 3 is 1.45 bits per heavy atom. The molecule has 0 amide bonds. The molecule has 2 heteroatoms. The van der Waals surface area contributed by atoms with Gasteiger partial charge in [-0.05, 0) is 54.7 Å². The van der Waals surface area contributed by atoms with Crippen LogP contribution in [0.3, 0.4) is 0 Å². The summed E-state index contributed by atoms with van der Waals surface area (Å²) in [6.07, 6.45) is 5.19. The van der Waals surface area contributed by atoms with E-state index in [4.69, 9.17) is 9.47 Å². The van der Waals surface area contributed by atoms with Gasteiger partial charge < -0.3 is 9.47 Å². The van der Waals surface area contributed by atoms with E-state index in [-0.39, 0.29) is 0 Å². The number of fused-ring (bicyclic) bond motifs is 1. The number of hydrogen-bond donors (Lipinski definition) is 0. The highest BCUT2D eigenvalue weighted by molar-refractivity contribution is 5.53. The Morgan fingerprint density at radius 1 is 0.682 bits per heavy atom. The minimum atomic E-state index is 0.341. The van der Waals surface area contributed by atoms with Crippen molar-refractivity contribution in [2.24, 2.45) is 0 Å². The molecule has 22 heavy (non-hydrogen) atoms. The molecular weight excluding hydrogens is 272 g/mol. The highest BCUT2D eigenvalue weighted by atomic mass is 16.5. The molecule has 0 saturated heterocycles. The second kappa shape index (κ2) is 4.77. The summed E-state index contributed by atoms with van der Waals surface area (Å²) < 4.78 is 10.6. The van der Waals surface area contributed by atoms with Crippen LogP contribution in [0.1, 0.15) is 36.8 Å². The summed E-state index contributed by atoms with van der Waals surface area (Å²) in [4.78, 5) is 0. The monoisotopic (exact) mass is 294 g/mol. The number of ether oxygens (including phenoxy) is 2. The SMILES string of the molecule is COc1ccc(C23CCCC2(c2ccc(OC)cc2)C3)cc1. The molecule has 0 aromatic heterocycles. The van der Waals surface area contributed by atoms with Gasteiger partial charge in [-0.1, -0.05) is 30.7 Å². The first-order chi connectivity index (χ1) is 10.7. The standard InChI is InChI=1S/C20H22O2/c1-21-17-8-4-15(5-9-17)19-12-3-13-20(19,14-19)16-6-10-18(22-2)11-7-16/h4-11H,3,12-14H2,1-2H3. The zero-order valence-electron chi connectivity index (χ0n) is 13.3. The molecule has 2 atom stereocenters. The molecule has 4 rings (SSSR count). The lowest BCUT2D eigenvalue weighted by atomic mass is 9.84. The van der Waals surface area contributed by atoms with Crippen LogP contribution in [0.25, 0.3) is 0 Å². The van der Waals surface area contributed by atoms with Crippen molar-refractivity contribution in [2.75, 3.05) is 14.2 Å². The van der Waals surface area contributed by atoms with E-state index in [2.05, 4.69) is 48.5 Å². The summed E-state index contributed by atoms with van der Waals surface area (Å²) >= 11 is 0. The highest BCUT2D eigenvalue weighted by Gasteiger charge is 2.70. The zero-order valence-corrected chi connectivity index (χ0v) is 13.3. The number of hydrogen-bond acceptors (Lipinski definition) is 2. The molecule has 0 heterocycles. The van der Waals surface area contributed by atoms with Crippen molar-refractivity contribution < 1.29 is 9.47 Å². The lowest BCUT2D eigenvalue weighted by Crippen LogP contribution is -2.16. The van der Waals surface area contributed by atoms with Gasteiger partial charge in [-0.25, -0.2) is 0 Å². The van der Waals surface area contributed by atoms with E-state index >= 15 is 0 Å². The van der Waals surface area contributed by atoms with E-state index in [0.29, 0.717) is 10.8 Å². The van der Waals surface area contributed by atoms with Crippen molar-refractivity contribution in [3.63, 3.8) is 0 Å². The van der Waals surface area contributed by atoms with E-state index < -0.39 is 0 Å². The Balaban J connectivity index is 1.70. The third kappa shape index (κ3) is 1.73. The summed E-state index contributed by atoms with van der Waals surface area (Å²) in [5, 5.41) is 0. The smallest absolute Gasteiger partial charge is 0.118 e. The quantitative estimate of drug-likeness (QED) is 0.828. The molecule has 0 radical (unpaired) electrons. The molecule has 2 unspecified atom stereocenters. The van der Waals surface area contributed by atoms with Gasteiger partial charge in [-0.15, -0.1) is 0 Å². The van der Waals surface area contributed by atoms with E-state index in [1.165, 1.54) is 36.8 Å². The Morgan fingerprint density at radius 2 is 1.09 bits per heavy atom. The van der Waals surface area contributed by atoms with Crippen LogP contribution in [0, 0.1) is 0 Å². The molecule has 2 fully saturated rings. The molecule has 0 spiro atoms. The second-order valence-corrected chi connectivity index (χ2v) is 6.65. The summed E-state index contributed by atoms with van der Waals surface area (Å²) in [6, 6.07) is 17.4. The largest absolute Gasteiger partial charge is 0.497 e. The summed E-state index contributed by atoms with van der Waals surface area (Å²) in [5.41, 5.74) is 3.63. The lowest BCUT2D eigenvalue weighted by molar-refractivity contribution is 0.414. The van der Waals surface area contributed by atoms with Crippen molar-refractivity contribution in [3.05, 3.63) is 59.7 Å². The Bertz CT molecular complexity index is 614. The maximum Gasteiger partial charge on any atom is 0.118 e. The Kier molecular flexibility index (Phi) is 2.97. The van der Waals surface area contributed by atoms with E-state index in [0.717, 1.165) is 11.5 Å². The molecular formula is C20H22O2. The summed E-state index contributed by atoms with van der Waals surface area (Å²) in [7, 11) is 3.45. The second-order valence-electron chi connectivity index (χ2n) is 6.65. The lowest BCUT2D eigenvalue weighted by Gasteiger charge is -2.20. The topological polar surface area (TPSA) is 18.5 Å². The summed E-state index contributed by atoms with van der Waals surface area (Å²) in [6.45, 7) is 0. The fraction of sp³-hybridized carbons (Fsp3) is 0.400. The van der Waals surface area contributed by atoms with Gasteiger partial charge >= 0.3 is 0 Å². The van der Waals surface area contributed by atoms with Crippen molar-refractivity contribution in [1.82, 2.24) is 0 Å². The first-order valence-corrected chi connectivity index (χ1v) is 8.03. The van der Waals surface area contributed by atoms with Crippen LogP contribution in [-0.2, 0) is 10.8 Å². The molecule has 2 aliphatic rings. The van der Waals surface area contributed by atoms with Gasteiger partial charge in [-0.3, -0.25) is 0 Å².